The van der Waals surface area contributed by atoms with Crippen LogP contribution in [0.2, 0.25) is 0 Å². The summed E-state index contributed by atoms with van der Waals surface area (Å²) in [6.45, 7) is 17.4. The van der Waals surface area contributed by atoms with Gasteiger partial charge in [0.25, 0.3) is 0 Å². The number of allylic oxidation sites excluding steroid dienone is 4. The molecule has 2 N–H and O–H groups in total. The molecular formula is C34H40N4O2. The Kier molecular flexibility index (Phi) is 7.54. The van der Waals surface area contributed by atoms with Crippen LogP contribution in [0, 0.1) is 13.8 Å². The Morgan fingerprint density at radius 1 is 0.675 bits per heavy atom. The van der Waals surface area contributed by atoms with Crippen LogP contribution in [-0.4, -0.2) is 32.5 Å². The maximum atomic E-state index is 12.3. The fourth-order valence-electron chi connectivity index (χ4n) is 5.98. The van der Waals surface area contributed by atoms with Crippen LogP contribution < -0.4 is 0 Å². The van der Waals surface area contributed by atoms with Gasteiger partial charge in [-0.3, -0.25) is 4.79 Å². The number of hydrogen-bond acceptors (Lipinski definition) is 4. The molecule has 5 heterocycles. The number of aryl methyl sites for hydroxylation is 4. The van der Waals surface area contributed by atoms with Crippen molar-refractivity contribution in [1.82, 2.24) is 19.9 Å². The van der Waals surface area contributed by atoms with Crippen molar-refractivity contribution in [2.75, 3.05) is 6.61 Å². The van der Waals surface area contributed by atoms with E-state index in [-0.39, 0.29) is 5.97 Å². The van der Waals surface area contributed by atoms with E-state index in [1.807, 2.05) is 6.92 Å². The van der Waals surface area contributed by atoms with Gasteiger partial charge in [-0.15, -0.1) is 0 Å². The Hall–Kier alpha value is -3.93. The van der Waals surface area contributed by atoms with Crippen molar-refractivity contribution in [3.63, 3.8) is 0 Å². The number of rotatable bonds is 6. The molecule has 8 bridgehead atoms. The van der Waals surface area contributed by atoms with E-state index in [0.29, 0.717) is 19.4 Å². The van der Waals surface area contributed by atoms with E-state index in [2.05, 4.69) is 82.7 Å². The van der Waals surface area contributed by atoms with E-state index < -0.39 is 0 Å². The zero-order chi connectivity index (χ0) is 28.7. The van der Waals surface area contributed by atoms with Gasteiger partial charge < -0.3 is 14.7 Å². The number of esters is 1. The van der Waals surface area contributed by atoms with E-state index in [1.54, 1.807) is 0 Å². The van der Waals surface area contributed by atoms with Crippen molar-refractivity contribution < 1.29 is 9.53 Å². The van der Waals surface area contributed by atoms with Gasteiger partial charge in [0.05, 0.1) is 29.4 Å². The van der Waals surface area contributed by atoms with Crippen molar-refractivity contribution in [2.45, 2.75) is 81.1 Å². The summed E-state index contributed by atoms with van der Waals surface area (Å²) in [6, 6.07) is 8.67. The number of nitrogens with one attached hydrogen (secondary N) is 2. The monoisotopic (exact) mass is 536 g/mol. The zero-order valence-corrected chi connectivity index (χ0v) is 25.1. The maximum absolute atomic E-state index is 12.3. The van der Waals surface area contributed by atoms with Crippen LogP contribution in [0.25, 0.3) is 44.4 Å². The standard InChI is InChI=1S/C34H40N4O2/c1-9-23-20(6)28-14-26-18(4)19(5)27(35-26)15-29-22(8)25(12-13-34(39)40-11-3)33(38-29)16-30-21(7)24(10-2)32(37-30)17-31(23)36-28/h14-17,36-37H,9-13H2,1-8H3. The van der Waals surface area contributed by atoms with Gasteiger partial charge in [0.1, 0.15) is 0 Å². The minimum Gasteiger partial charge on any atom is -0.466 e. The van der Waals surface area contributed by atoms with Crippen LogP contribution in [0.3, 0.4) is 0 Å². The highest BCUT2D eigenvalue weighted by atomic mass is 16.5. The van der Waals surface area contributed by atoms with Gasteiger partial charge in [-0.05, 0) is 130 Å². The first-order chi connectivity index (χ1) is 19.2. The highest BCUT2D eigenvalue weighted by molar-refractivity contribution is 5.95. The van der Waals surface area contributed by atoms with Crippen molar-refractivity contribution >= 4 is 50.3 Å². The normalized spacial score (nSPS) is 13.4. The summed E-state index contributed by atoms with van der Waals surface area (Å²) in [7, 11) is 0. The lowest BCUT2D eigenvalue weighted by molar-refractivity contribution is -0.142. The number of H-pyrrole nitrogens is 2. The molecule has 0 fully saturated rings. The molecule has 0 aromatic carbocycles. The average Bonchev–Trinajstić information content (AvgIpc) is 3.57. The lowest BCUT2D eigenvalue weighted by Crippen LogP contribution is -2.03. The molecule has 6 nitrogen and oxygen atoms in total. The van der Waals surface area contributed by atoms with Gasteiger partial charge in [0.2, 0.25) is 0 Å². The molecule has 0 saturated carbocycles. The summed E-state index contributed by atoms with van der Waals surface area (Å²) in [5.41, 5.74) is 17.7. The lowest BCUT2D eigenvalue weighted by Gasteiger charge is -2.05. The second-order valence-electron chi connectivity index (χ2n) is 10.8. The molecule has 2 aliphatic rings. The molecule has 0 aliphatic carbocycles. The minimum absolute atomic E-state index is 0.185. The van der Waals surface area contributed by atoms with Crippen LogP contribution in [0.1, 0.15) is 99.4 Å². The van der Waals surface area contributed by atoms with Crippen molar-refractivity contribution in [1.29, 1.82) is 0 Å². The largest absolute Gasteiger partial charge is 0.466 e. The molecule has 0 atom stereocenters. The van der Waals surface area contributed by atoms with Gasteiger partial charge in [-0.25, -0.2) is 9.97 Å². The van der Waals surface area contributed by atoms with Gasteiger partial charge in [0, 0.05) is 28.5 Å². The first-order valence-electron chi connectivity index (χ1n) is 14.4. The molecule has 5 rings (SSSR count). The molecule has 0 unspecified atom stereocenters. The zero-order valence-electron chi connectivity index (χ0n) is 25.1. The van der Waals surface area contributed by atoms with Crippen LogP contribution in [0.15, 0.2) is 24.3 Å². The molecule has 0 radical (unpaired) electrons. The van der Waals surface area contributed by atoms with E-state index >= 15 is 0 Å². The summed E-state index contributed by atoms with van der Waals surface area (Å²) in [6.07, 6.45) is 2.76. The van der Waals surface area contributed by atoms with E-state index in [1.165, 1.54) is 27.8 Å². The second-order valence-corrected chi connectivity index (χ2v) is 10.8. The predicted molar refractivity (Wildman–Crippen MR) is 166 cm³/mol. The van der Waals surface area contributed by atoms with Crippen LogP contribution >= 0.6 is 0 Å². The predicted octanol–water partition coefficient (Wildman–Crippen LogP) is 8.28. The minimum atomic E-state index is -0.185. The van der Waals surface area contributed by atoms with Crippen LogP contribution in [-0.2, 0) is 22.4 Å². The number of carbonyl (C=O) groups is 1. The Morgan fingerprint density at radius 3 is 1.73 bits per heavy atom. The molecule has 3 aromatic rings. The third-order valence-corrected chi connectivity index (χ3v) is 8.58. The quantitative estimate of drug-likeness (QED) is 0.311. The summed E-state index contributed by atoms with van der Waals surface area (Å²) in [5, 5.41) is 0. The molecule has 0 saturated heterocycles. The number of hydrogen-bond donors (Lipinski definition) is 2. The Morgan fingerprint density at radius 2 is 1.18 bits per heavy atom. The van der Waals surface area contributed by atoms with Crippen molar-refractivity contribution in [2.24, 2.45) is 0 Å². The fraction of sp³-hybridized carbons (Fsp3) is 0.382. The Balaban J connectivity index is 1.87. The lowest BCUT2D eigenvalue weighted by atomic mass is 10.0. The van der Waals surface area contributed by atoms with Crippen molar-refractivity contribution in [3.8, 4) is 0 Å². The number of fused-ring (bicyclic) bond motifs is 8. The molecule has 6 heteroatoms. The van der Waals surface area contributed by atoms with Crippen LogP contribution in [0.5, 0.6) is 0 Å². The van der Waals surface area contributed by atoms with Crippen molar-refractivity contribution in [3.05, 3.63) is 69.3 Å². The number of nitrogens with zero attached hydrogens (tertiary/aromatic N) is 2. The third-order valence-electron chi connectivity index (χ3n) is 8.58. The SMILES string of the molecule is CCOC(=O)CCC1=C(C)c2cc3nc(cc4[nH]c(cc5[nH]c(cc1n2)c(C)c5CC)c(CC)c4C)C(C)=C3C. The fourth-order valence-corrected chi connectivity index (χ4v) is 5.98. The average molecular weight is 537 g/mol. The van der Waals surface area contributed by atoms with Gasteiger partial charge in [-0.1, -0.05) is 13.8 Å². The molecule has 2 aliphatic heterocycles. The van der Waals surface area contributed by atoms with Gasteiger partial charge >= 0.3 is 5.97 Å². The van der Waals surface area contributed by atoms with E-state index in [9.17, 15) is 4.79 Å². The summed E-state index contributed by atoms with van der Waals surface area (Å²) in [4.78, 5) is 29.8. The van der Waals surface area contributed by atoms with Gasteiger partial charge in [0.15, 0.2) is 0 Å². The number of aromatic amines is 2. The topological polar surface area (TPSA) is 83.7 Å². The summed E-state index contributed by atoms with van der Waals surface area (Å²) >= 11 is 0. The summed E-state index contributed by atoms with van der Waals surface area (Å²) in [5.74, 6) is -0.185. The molecule has 208 valence electrons. The molecule has 0 amide bonds. The Bertz CT molecular complexity index is 1750. The molecule has 40 heavy (non-hydrogen) atoms. The first kappa shape index (κ1) is 27.6. The maximum Gasteiger partial charge on any atom is 0.306 e. The van der Waals surface area contributed by atoms with E-state index in [4.69, 9.17) is 14.7 Å². The van der Waals surface area contributed by atoms with E-state index in [0.717, 1.165) is 74.4 Å². The van der Waals surface area contributed by atoms with Crippen LogP contribution in [0.4, 0.5) is 0 Å². The highest BCUT2D eigenvalue weighted by Gasteiger charge is 2.21. The number of aromatic nitrogens is 4. The molecule has 3 aromatic heterocycles. The first-order valence-corrected chi connectivity index (χ1v) is 14.4. The summed E-state index contributed by atoms with van der Waals surface area (Å²) < 4.78 is 5.23. The smallest absolute Gasteiger partial charge is 0.306 e. The number of ether oxygens (including phenoxy) is 1. The number of carbonyl (C=O) groups excluding carboxylic acids is 1. The second kappa shape index (κ2) is 10.9. The highest BCUT2D eigenvalue weighted by Crippen LogP contribution is 2.36. The third kappa shape index (κ3) is 4.80. The molecular weight excluding hydrogens is 496 g/mol. The van der Waals surface area contributed by atoms with Gasteiger partial charge in [-0.2, -0.15) is 0 Å². The molecule has 0 spiro atoms. The Labute approximate surface area is 236 Å².